The molecule has 0 radical (unpaired) electrons. The number of likely N-dealkylation sites (tertiary alicyclic amines) is 1. The molecule has 0 bridgehead atoms. The van der Waals surface area contributed by atoms with E-state index >= 15 is 0 Å². The molecular formula is C13H16F3NO3S. The molecule has 1 fully saturated rings. The molecule has 0 aromatic heterocycles. The Labute approximate surface area is 121 Å². The highest BCUT2D eigenvalue weighted by Gasteiger charge is 2.48. The first-order chi connectivity index (χ1) is 9.78. The maximum Gasteiger partial charge on any atom is 0.523 e. The van der Waals surface area contributed by atoms with Gasteiger partial charge in [-0.05, 0) is 18.4 Å². The highest BCUT2D eigenvalue weighted by molar-refractivity contribution is 7.87. The minimum atomic E-state index is -5.49. The van der Waals surface area contributed by atoms with E-state index < -0.39 is 21.7 Å². The molecule has 2 rings (SSSR count). The Morgan fingerprint density at radius 3 is 2.24 bits per heavy atom. The predicted octanol–water partition coefficient (Wildman–Crippen LogP) is 2.52. The fourth-order valence-corrected chi connectivity index (χ4v) is 2.90. The fourth-order valence-electron chi connectivity index (χ4n) is 2.24. The zero-order valence-electron chi connectivity index (χ0n) is 11.2. The monoisotopic (exact) mass is 323 g/mol. The van der Waals surface area contributed by atoms with E-state index in [9.17, 15) is 21.6 Å². The minimum Gasteiger partial charge on any atom is -0.299 e. The van der Waals surface area contributed by atoms with Crippen molar-refractivity contribution in [1.29, 1.82) is 0 Å². The van der Waals surface area contributed by atoms with Crippen molar-refractivity contribution in [2.45, 2.75) is 31.0 Å². The maximum atomic E-state index is 12.2. The number of nitrogens with zero attached hydrogens (tertiary/aromatic N) is 1. The summed E-state index contributed by atoms with van der Waals surface area (Å²) in [4.78, 5) is 2.06. The van der Waals surface area contributed by atoms with Crippen LogP contribution in [0.15, 0.2) is 30.3 Å². The smallest absolute Gasteiger partial charge is 0.299 e. The summed E-state index contributed by atoms with van der Waals surface area (Å²) in [6, 6.07) is 9.68. The number of alkyl halides is 3. The average molecular weight is 323 g/mol. The van der Waals surface area contributed by atoms with Crippen LogP contribution < -0.4 is 0 Å². The van der Waals surface area contributed by atoms with E-state index in [4.69, 9.17) is 0 Å². The molecule has 1 aromatic rings. The quantitative estimate of drug-likeness (QED) is 0.631. The minimum absolute atomic E-state index is 0.266. The van der Waals surface area contributed by atoms with Gasteiger partial charge >= 0.3 is 15.6 Å². The van der Waals surface area contributed by atoms with Crippen LogP contribution >= 0.6 is 0 Å². The van der Waals surface area contributed by atoms with Gasteiger partial charge in [-0.3, -0.25) is 9.08 Å². The lowest BCUT2D eigenvalue weighted by atomic mass is 10.1. The normalized spacial score (nSPS) is 18.8. The van der Waals surface area contributed by atoms with Crippen LogP contribution in [0, 0.1) is 0 Å². The highest BCUT2D eigenvalue weighted by atomic mass is 32.2. The van der Waals surface area contributed by atoms with Gasteiger partial charge in [0, 0.05) is 19.6 Å². The Morgan fingerprint density at radius 1 is 1.14 bits per heavy atom. The number of hydrogen-bond acceptors (Lipinski definition) is 4. The number of halogens is 3. The van der Waals surface area contributed by atoms with Gasteiger partial charge in [0.2, 0.25) is 0 Å². The third-order valence-electron chi connectivity index (χ3n) is 3.33. The molecule has 8 heteroatoms. The molecule has 1 aliphatic heterocycles. The second-order valence-electron chi connectivity index (χ2n) is 4.96. The first-order valence-electron chi connectivity index (χ1n) is 6.54. The largest absolute Gasteiger partial charge is 0.523 e. The lowest BCUT2D eigenvalue weighted by Gasteiger charge is -2.31. The fraction of sp³-hybridized carbons (Fsp3) is 0.538. The standard InChI is InChI=1S/C13H16F3NO3S/c14-13(15,16)21(18,19)20-12-6-8-17(9-7-12)10-11-4-2-1-3-5-11/h1-5,12H,6-10H2. The van der Waals surface area contributed by atoms with E-state index in [1.54, 1.807) is 0 Å². The summed E-state index contributed by atoms with van der Waals surface area (Å²) in [7, 11) is -5.49. The van der Waals surface area contributed by atoms with Crippen molar-refractivity contribution in [3.8, 4) is 0 Å². The summed E-state index contributed by atoms with van der Waals surface area (Å²) in [5.74, 6) is 0. The Hall–Kier alpha value is -1.12. The van der Waals surface area contributed by atoms with Crippen molar-refractivity contribution in [2.24, 2.45) is 0 Å². The van der Waals surface area contributed by atoms with Gasteiger partial charge in [-0.2, -0.15) is 21.6 Å². The van der Waals surface area contributed by atoms with E-state index in [1.807, 2.05) is 30.3 Å². The van der Waals surface area contributed by atoms with Crippen LogP contribution in [0.4, 0.5) is 13.2 Å². The molecule has 1 saturated heterocycles. The van der Waals surface area contributed by atoms with E-state index in [2.05, 4.69) is 9.08 Å². The van der Waals surface area contributed by atoms with Crippen molar-refractivity contribution < 1.29 is 25.8 Å². The van der Waals surface area contributed by atoms with Gasteiger partial charge in [-0.1, -0.05) is 30.3 Å². The molecular weight excluding hydrogens is 307 g/mol. The van der Waals surface area contributed by atoms with Gasteiger partial charge in [-0.25, -0.2) is 0 Å². The van der Waals surface area contributed by atoms with Crippen molar-refractivity contribution in [3.63, 3.8) is 0 Å². The van der Waals surface area contributed by atoms with Crippen LogP contribution in [0.5, 0.6) is 0 Å². The molecule has 0 unspecified atom stereocenters. The molecule has 0 atom stereocenters. The molecule has 0 spiro atoms. The molecule has 1 aromatic carbocycles. The van der Waals surface area contributed by atoms with Crippen molar-refractivity contribution in [3.05, 3.63) is 35.9 Å². The van der Waals surface area contributed by atoms with Crippen LogP contribution in [-0.2, 0) is 20.8 Å². The van der Waals surface area contributed by atoms with Crippen LogP contribution in [-0.4, -0.2) is 38.0 Å². The first-order valence-corrected chi connectivity index (χ1v) is 7.94. The Balaban J connectivity index is 1.84. The summed E-state index contributed by atoms with van der Waals surface area (Å²) in [6.45, 7) is 1.71. The zero-order valence-corrected chi connectivity index (χ0v) is 12.0. The van der Waals surface area contributed by atoms with Gasteiger partial charge in [0.15, 0.2) is 0 Å². The van der Waals surface area contributed by atoms with E-state index in [1.165, 1.54) is 0 Å². The summed E-state index contributed by atoms with van der Waals surface area (Å²) in [5, 5.41) is 0. The Morgan fingerprint density at radius 2 is 1.71 bits per heavy atom. The van der Waals surface area contributed by atoms with Gasteiger partial charge in [0.05, 0.1) is 6.10 Å². The molecule has 0 N–H and O–H groups in total. The van der Waals surface area contributed by atoms with Gasteiger partial charge in [-0.15, -0.1) is 0 Å². The highest BCUT2D eigenvalue weighted by Crippen LogP contribution is 2.28. The van der Waals surface area contributed by atoms with Gasteiger partial charge in [0.1, 0.15) is 0 Å². The molecule has 21 heavy (non-hydrogen) atoms. The maximum absolute atomic E-state index is 12.2. The van der Waals surface area contributed by atoms with Crippen LogP contribution in [0.25, 0.3) is 0 Å². The molecule has 1 heterocycles. The van der Waals surface area contributed by atoms with Gasteiger partial charge in [0.25, 0.3) is 0 Å². The lowest BCUT2D eigenvalue weighted by molar-refractivity contribution is -0.0594. The lowest BCUT2D eigenvalue weighted by Crippen LogP contribution is -2.39. The molecule has 1 aliphatic rings. The molecule has 0 amide bonds. The molecule has 0 aliphatic carbocycles. The Kier molecular flexibility index (Phi) is 4.90. The SMILES string of the molecule is O=S(=O)(OC1CCN(Cc2ccccc2)CC1)C(F)(F)F. The molecule has 0 saturated carbocycles. The number of benzene rings is 1. The third-order valence-corrected chi connectivity index (χ3v) is 4.42. The second-order valence-corrected chi connectivity index (χ2v) is 6.52. The van der Waals surface area contributed by atoms with E-state index in [-0.39, 0.29) is 12.8 Å². The molecule has 4 nitrogen and oxygen atoms in total. The third kappa shape index (κ3) is 4.42. The Bertz CT molecular complexity index is 552. The van der Waals surface area contributed by atoms with Crippen LogP contribution in [0.1, 0.15) is 18.4 Å². The number of rotatable bonds is 4. The van der Waals surface area contributed by atoms with Crippen molar-refractivity contribution in [2.75, 3.05) is 13.1 Å². The van der Waals surface area contributed by atoms with E-state index in [0.717, 1.165) is 5.56 Å². The summed E-state index contributed by atoms with van der Waals surface area (Å²) in [6.07, 6.45) is -0.367. The number of hydrogen-bond donors (Lipinski definition) is 0. The topological polar surface area (TPSA) is 46.6 Å². The number of piperidine rings is 1. The van der Waals surface area contributed by atoms with E-state index in [0.29, 0.717) is 19.6 Å². The van der Waals surface area contributed by atoms with Gasteiger partial charge < -0.3 is 0 Å². The average Bonchev–Trinajstić information content (AvgIpc) is 2.41. The summed E-state index contributed by atoms with van der Waals surface area (Å²) in [5.41, 5.74) is -4.24. The summed E-state index contributed by atoms with van der Waals surface area (Å²) >= 11 is 0. The van der Waals surface area contributed by atoms with Crippen LogP contribution in [0.2, 0.25) is 0 Å². The first kappa shape index (κ1) is 16.3. The second kappa shape index (κ2) is 6.33. The van der Waals surface area contributed by atoms with Crippen molar-refractivity contribution in [1.82, 2.24) is 4.90 Å². The molecule has 118 valence electrons. The van der Waals surface area contributed by atoms with Crippen LogP contribution in [0.3, 0.4) is 0 Å². The summed E-state index contributed by atoms with van der Waals surface area (Å²) < 4.78 is 62.8. The predicted molar refractivity (Wildman–Crippen MR) is 70.8 cm³/mol. The zero-order chi connectivity index (χ0) is 15.5. The van der Waals surface area contributed by atoms with Crippen molar-refractivity contribution >= 4 is 10.1 Å².